The number of hydrogen-bond donors (Lipinski definition) is 3. The number of phosphoric acid groups is 2. The summed E-state index contributed by atoms with van der Waals surface area (Å²) in [5, 5.41) is 10.6. The van der Waals surface area contributed by atoms with Gasteiger partial charge in [0.15, 0.2) is 12.2 Å². The van der Waals surface area contributed by atoms with Gasteiger partial charge in [0.2, 0.25) is 0 Å². The monoisotopic (exact) mass is 1350 g/mol. The Hall–Kier alpha value is -1.94. The van der Waals surface area contributed by atoms with Crippen molar-refractivity contribution in [2.75, 3.05) is 39.6 Å². The third-order valence-electron chi connectivity index (χ3n) is 16.8. The van der Waals surface area contributed by atoms with E-state index in [4.69, 9.17) is 37.0 Å². The lowest BCUT2D eigenvalue weighted by Gasteiger charge is -2.21. The Morgan fingerprint density at radius 1 is 0.272 bits per heavy atom. The fraction of sp³-hybridized carbons (Fsp3) is 0.945. The topological polar surface area (TPSA) is 237 Å². The van der Waals surface area contributed by atoms with E-state index in [0.717, 1.165) is 114 Å². The molecule has 0 aliphatic carbocycles. The molecule has 0 amide bonds. The number of hydrogen-bond acceptors (Lipinski definition) is 15. The van der Waals surface area contributed by atoms with Crippen LogP contribution in [0.15, 0.2) is 0 Å². The molecule has 3 N–H and O–H groups in total. The van der Waals surface area contributed by atoms with Crippen LogP contribution in [0, 0.1) is 23.7 Å². The fourth-order valence-corrected chi connectivity index (χ4v) is 12.6. The van der Waals surface area contributed by atoms with E-state index in [-0.39, 0.29) is 25.7 Å². The van der Waals surface area contributed by atoms with Crippen LogP contribution < -0.4 is 0 Å². The zero-order valence-corrected chi connectivity index (χ0v) is 62.0. The molecule has 17 nitrogen and oxygen atoms in total. The number of ether oxygens (including phenoxy) is 4. The smallest absolute Gasteiger partial charge is 0.462 e. The van der Waals surface area contributed by atoms with Crippen molar-refractivity contribution in [3.63, 3.8) is 0 Å². The van der Waals surface area contributed by atoms with Gasteiger partial charge < -0.3 is 33.8 Å². The summed E-state index contributed by atoms with van der Waals surface area (Å²) in [7, 11) is -9.91. The summed E-state index contributed by atoms with van der Waals surface area (Å²) in [6.07, 6.45) is 45.9. The molecule has 19 heteroatoms. The summed E-state index contributed by atoms with van der Waals surface area (Å²) in [5.41, 5.74) is 0. The summed E-state index contributed by atoms with van der Waals surface area (Å²) in [4.78, 5) is 72.7. The van der Waals surface area contributed by atoms with Gasteiger partial charge in [-0.05, 0) is 49.4 Å². The van der Waals surface area contributed by atoms with Crippen molar-refractivity contribution >= 4 is 39.5 Å². The fourth-order valence-electron chi connectivity index (χ4n) is 11.0. The van der Waals surface area contributed by atoms with Crippen molar-refractivity contribution in [2.45, 2.75) is 382 Å². The number of carbonyl (C=O) groups is 4. The average molecular weight is 1350 g/mol. The molecule has 92 heavy (non-hydrogen) atoms. The van der Waals surface area contributed by atoms with E-state index in [1.165, 1.54) is 161 Å². The van der Waals surface area contributed by atoms with Crippen molar-refractivity contribution in [3.8, 4) is 0 Å². The highest BCUT2D eigenvalue weighted by molar-refractivity contribution is 7.47. The Balaban J connectivity index is 5.25. The van der Waals surface area contributed by atoms with Crippen LogP contribution in [0.4, 0.5) is 0 Å². The number of unbranched alkanes of at least 4 members (excludes halogenated alkanes) is 36. The second kappa shape index (κ2) is 62.6. The summed E-state index contributed by atoms with van der Waals surface area (Å²) in [6, 6.07) is 0. The van der Waals surface area contributed by atoms with Crippen molar-refractivity contribution in [1.82, 2.24) is 0 Å². The number of phosphoric ester groups is 2. The molecule has 0 aliphatic rings. The molecule has 0 fully saturated rings. The van der Waals surface area contributed by atoms with Crippen LogP contribution in [0.3, 0.4) is 0 Å². The summed E-state index contributed by atoms with van der Waals surface area (Å²) < 4.78 is 68.4. The Bertz CT molecular complexity index is 1820. The average Bonchev–Trinajstić information content (AvgIpc) is 2.89. The van der Waals surface area contributed by atoms with Crippen LogP contribution in [-0.4, -0.2) is 96.7 Å². The molecule has 0 aliphatic heterocycles. The predicted octanol–water partition coefficient (Wildman–Crippen LogP) is 20.9. The molecular formula is C73H142O17P2. The summed E-state index contributed by atoms with van der Waals surface area (Å²) >= 11 is 0. The van der Waals surface area contributed by atoms with E-state index in [1.54, 1.807) is 0 Å². The minimum Gasteiger partial charge on any atom is -0.462 e. The van der Waals surface area contributed by atoms with Crippen LogP contribution in [-0.2, 0) is 65.4 Å². The van der Waals surface area contributed by atoms with E-state index < -0.39 is 97.5 Å². The van der Waals surface area contributed by atoms with Gasteiger partial charge in [-0.2, -0.15) is 0 Å². The Morgan fingerprint density at radius 3 is 0.674 bits per heavy atom. The molecule has 546 valence electrons. The van der Waals surface area contributed by atoms with E-state index in [2.05, 4.69) is 55.4 Å². The first-order chi connectivity index (χ1) is 44.1. The number of aliphatic hydroxyl groups is 1. The third kappa shape index (κ3) is 66.7. The van der Waals surface area contributed by atoms with Crippen molar-refractivity contribution < 1.29 is 80.2 Å². The standard InChI is InChI=1S/C73H142O17P2/c1-63(2)49-41-33-25-19-13-9-11-15-23-29-39-47-55-72(77)89-68(59-83-70(75)53-45-37-28-22-18-17-21-27-35-43-51-65(5)6)61-87-91(79,80)85-57-67(74)58-86-92(81,82)88-62-69(60-84-71(76)54-46-38-32-31-36-44-52-66(7)8)90-73(78)56-48-40-30-24-16-12-10-14-20-26-34-42-50-64(3)4/h63-69,74H,9-62H2,1-8H3,(H,79,80)(H,81,82)/t67-,68-,69-/m1/s1. The maximum Gasteiger partial charge on any atom is 0.472 e. The third-order valence-corrected chi connectivity index (χ3v) is 18.7. The van der Waals surface area contributed by atoms with Gasteiger partial charge in [-0.15, -0.1) is 0 Å². The second-order valence-corrected chi connectivity index (χ2v) is 31.1. The maximum atomic E-state index is 13.0. The molecule has 0 spiro atoms. The zero-order chi connectivity index (χ0) is 68.2. The van der Waals surface area contributed by atoms with Gasteiger partial charge in [0, 0.05) is 25.7 Å². The molecule has 0 aromatic carbocycles. The highest BCUT2D eigenvalue weighted by Gasteiger charge is 2.30. The highest BCUT2D eigenvalue weighted by atomic mass is 31.2. The van der Waals surface area contributed by atoms with Gasteiger partial charge in [-0.1, -0.05) is 312 Å². The largest absolute Gasteiger partial charge is 0.472 e. The normalized spacial score (nSPS) is 14.2. The highest BCUT2D eigenvalue weighted by Crippen LogP contribution is 2.45. The number of aliphatic hydroxyl groups excluding tert-OH is 1. The first kappa shape index (κ1) is 90.1. The van der Waals surface area contributed by atoms with Crippen LogP contribution in [0.5, 0.6) is 0 Å². The Morgan fingerprint density at radius 2 is 0.457 bits per heavy atom. The van der Waals surface area contributed by atoms with Crippen LogP contribution in [0.2, 0.25) is 0 Å². The quantitative estimate of drug-likeness (QED) is 0.0222. The Kier molecular flexibility index (Phi) is 61.3. The molecule has 5 atom stereocenters. The minimum absolute atomic E-state index is 0.105. The Labute approximate surface area is 562 Å². The summed E-state index contributed by atoms with van der Waals surface area (Å²) in [5.74, 6) is 0.865. The number of carbonyl (C=O) groups excluding carboxylic acids is 4. The molecule has 0 radical (unpaired) electrons. The first-order valence-electron chi connectivity index (χ1n) is 37.7. The van der Waals surface area contributed by atoms with Gasteiger partial charge in [-0.3, -0.25) is 37.3 Å². The van der Waals surface area contributed by atoms with Gasteiger partial charge in [0.1, 0.15) is 19.3 Å². The number of rotatable bonds is 70. The van der Waals surface area contributed by atoms with Gasteiger partial charge in [0.05, 0.1) is 26.4 Å². The molecule has 0 heterocycles. The van der Waals surface area contributed by atoms with Crippen LogP contribution >= 0.6 is 15.6 Å². The van der Waals surface area contributed by atoms with Crippen molar-refractivity contribution in [2.24, 2.45) is 23.7 Å². The molecule has 0 saturated carbocycles. The predicted molar refractivity (Wildman–Crippen MR) is 372 cm³/mol. The second-order valence-electron chi connectivity index (χ2n) is 28.2. The molecule has 0 saturated heterocycles. The van der Waals surface area contributed by atoms with Crippen LogP contribution in [0.25, 0.3) is 0 Å². The van der Waals surface area contributed by atoms with E-state index >= 15 is 0 Å². The molecule has 0 aromatic heterocycles. The molecular weight excluding hydrogens is 1210 g/mol. The molecule has 2 unspecified atom stereocenters. The van der Waals surface area contributed by atoms with Crippen molar-refractivity contribution in [1.29, 1.82) is 0 Å². The van der Waals surface area contributed by atoms with Gasteiger partial charge in [-0.25, -0.2) is 9.13 Å². The zero-order valence-electron chi connectivity index (χ0n) is 60.2. The van der Waals surface area contributed by atoms with Gasteiger partial charge >= 0.3 is 39.5 Å². The van der Waals surface area contributed by atoms with Gasteiger partial charge in [0.25, 0.3) is 0 Å². The lowest BCUT2D eigenvalue weighted by atomic mass is 10.0. The molecule has 0 aromatic rings. The van der Waals surface area contributed by atoms with Crippen LogP contribution in [0.1, 0.15) is 364 Å². The lowest BCUT2D eigenvalue weighted by Crippen LogP contribution is -2.30. The molecule has 0 rings (SSSR count). The minimum atomic E-state index is -4.95. The first-order valence-corrected chi connectivity index (χ1v) is 40.7. The molecule has 0 bridgehead atoms. The van der Waals surface area contributed by atoms with E-state index in [1.807, 2.05) is 0 Å². The summed E-state index contributed by atoms with van der Waals surface area (Å²) in [6.45, 7) is 14.1. The number of esters is 4. The maximum absolute atomic E-state index is 13.0. The van der Waals surface area contributed by atoms with E-state index in [9.17, 15) is 43.2 Å². The SMILES string of the molecule is CC(C)CCCCCCCCCCCCCCC(=O)O[C@H](COC(=O)CCCCCCCCCCCCC(C)C)COP(=O)(O)OC[C@@H](O)COP(=O)(O)OC[C@@H](COC(=O)CCCCCCCCC(C)C)OC(=O)CCCCCCCCCCCCCCC(C)C. The lowest BCUT2D eigenvalue weighted by molar-refractivity contribution is -0.161. The van der Waals surface area contributed by atoms with Crippen molar-refractivity contribution in [3.05, 3.63) is 0 Å². The van der Waals surface area contributed by atoms with E-state index in [0.29, 0.717) is 31.6 Å².